The smallest absolute Gasteiger partial charge is 0.261 e. The predicted molar refractivity (Wildman–Crippen MR) is 90.8 cm³/mol. The minimum absolute atomic E-state index is 0.0481. The van der Waals surface area contributed by atoms with Gasteiger partial charge in [-0.25, -0.2) is 17.2 Å². The van der Waals surface area contributed by atoms with Gasteiger partial charge in [0.2, 0.25) is 0 Å². The molecule has 0 aromatic heterocycles. The molecule has 0 saturated carbocycles. The Morgan fingerprint density at radius 1 is 1.12 bits per heavy atom. The van der Waals surface area contributed by atoms with Crippen LogP contribution in [0.5, 0.6) is 0 Å². The van der Waals surface area contributed by atoms with Crippen molar-refractivity contribution >= 4 is 21.6 Å². The third-order valence-corrected chi connectivity index (χ3v) is 4.95. The van der Waals surface area contributed by atoms with E-state index in [2.05, 4.69) is 10.0 Å². The monoisotopic (exact) mass is 368 g/mol. The fourth-order valence-electron chi connectivity index (χ4n) is 1.99. The average Bonchev–Trinajstić information content (AvgIpc) is 2.58. The maximum Gasteiger partial charge on any atom is 0.261 e. The molecule has 2 aromatic carbocycles. The third kappa shape index (κ3) is 4.76. The summed E-state index contributed by atoms with van der Waals surface area (Å²) in [5.41, 5.74) is 0.0711. The zero-order valence-corrected chi connectivity index (χ0v) is 14.5. The Hall–Kier alpha value is -2.48. The van der Waals surface area contributed by atoms with Crippen LogP contribution in [0.1, 0.15) is 30.6 Å². The summed E-state index contributed by atoms with van der Waals surface area (Å²) in [6.07, 6.45) is 0.738. The molecule has 0 saturated heterocycles. The van der Waals surface area contributed by atoms with E-state index in [1.165, 1.54) is 24.3 Å². The number of carbonyl (C=O) groups is 1. The first-order chi connectivity index (χ1) is 11.7. The highest BCUT2D eigenvalue weighted by Gasteiger charge is 2.18. The summed E-state index contributed by atoms with van der Waals surface area (Å²) in [6.45, 7) is 3.75. The standard InChI is InChI=1S/C17H18F2N2O3S/c1-3-11(2)20-17(22)12-5-4-6-14(9-12)25(23,24)21-13-7-8-15(18)16(19)10-13/h4-11,21H,3H2,1-2H3,(H,20,22). The topological polar surface area (TPSA) is 75.3 Å². The van der Waals surface area contributed by atoms with Crippen LogP contribution in [-0.2, 0) is 10.0 Å². The van der Waals surface area contributed by atoms with Gasteiger partial charge in [-0.15, -0.1) is 0 Å². The molecular formula is C17H18F2N2O3S. The number of sulfonamides is 1. The lowest BCUT2D eigenvalue weighted by molar-refractivity contribution is 0.0939. The number of anilines is 1. The fourth-order valence-corrected chi connectivity index (χ4v) is 3.08. The van der Waals surface area contributed by atoms with E-state index in [0.29, 0.717) is 0 Å². The Kier molecular flexibility index (Phi) is 5.73. The first-order valence-electron chi connectivity index (χ1n) is 7.61. The van der Waals surface area contributed by atoms with Gasteiger partial charge in [0.25, 0.3) is 15.9 Å². The van der Waals surface area contributed by atoms with Gasteiger partial charge in [-0.1, -0.05) is 13.0 Å². The SMILES string of the molecule is CCC(C)NC(=O)c1cccc(S(=O)(=O)Nc2ccc(F)c(F)c2)c1. The number of halogens is 2. The molecule has 0 aliphatic carbocycles. The van der Waals surface area contributed by atoms with E-state index < -0.39 is 21.7 Å². The van der Waals surface area contributed by atoms with E-state index in [-0.39, 0.29) is 28.1 Å². The Morgan fingerprint density at radius 3 is 2.48 bits per heavy atom. The van der Waals surface area contributed by atoms with E-state index in [1.54, 1.807) is 0 Å². The van der Waals surface area contributed by atoms with Crippen LogP contribution in [0.4, 0.5) is 14.5 Å². The lowest BCUT2D eigenvalue weighted by Crippen LogP contribution is -2.32. The van der Waals surface area contributed by atoms with E-state index in [4.69, 9.17) is 0 Å². The van der Waals surface area contributed by atoms with Crippen molar-refractivity contribution in [3.05, 3.63) is 59.7 Å². The van der Waals surface area contributed by atoms with Gasteiger partial charge in [0.15, 0.2) is 11.6 Å². The highest BCUT2D eigenvalue weighted by Crippen LogP contribution is 2.19. The molecule has 134 valence electrons. The molecule has 0 spiro atoms. The van der Waals surface area contributed by atoms with Crippen molar-refractivity contribution in [3.8, 4) is 0 Å². The Morgan fingerprint density at radius 2 is 1.84 bits per heavy atom. The number of amides is 1. The minimum Gasteiger partial charge on any atom is -0.350 e. The molecular weight excluding hydrogens is 350 g/mol. The molecule has 0 bridgehead atoms. The van der Waals surface area contributed by atoms with Crippen LogP contribution in [0.3, 0.4) is 0 Å². The van der Waals surface area contributed by atoms with E-state index in [0.717, 1.165) is 24.6 Å². The molecule has 0 heterocycles. The van der Waals surface area contributed by atoms with Gasteiger partial charge in [0, 0.05) is 17.7 Å². The summed E-state index contributed by atoms with van der Waals surface area (Å²) in [4.78, 5) is 12.0. The highest BCUT2D eigenvalue weighted by molar-refractivity contribution is 7.92. The molecule has 0 radical (unpaired) electrons. The second kappa shape index (κ2) is 7.60. The molecule has 0 aliphatic rings. The van der Waals surface area contributed by atoms with E-state index in [1.807, 2.05) is 13.8 Å². The molecule has 5 nitrogen and oxygen atoms in total. The Balaban J connectivity index is 2.26. The largest absolute Gasteiger partial charge is 0.350 e. The molecule has 25 heavy (non-hydrogen) atoms. The number of hydrogen-bond donors (Lipinski definition) is 2. The normalized spacial score (nSPS) is 12.5. The van der Waals surface area contributed by atoms with Crippen molar-refractivity contribution in [2.45, 2.75) is 31.2 Å². The number of hydrogen-bond acceptors (Lipinski definition) is 3. The van der Waals surface area contributed by atoms with Crippen LogP contribution in [0, 0.1) is 11.6 Å². The Bertz CT molecular complexity index is 885. The van der Waals surface area contributed by atoms with Gasteiger partial charge in [0.1, 0.15) is 0 Å². The van der Waals surface area contributed by atoms with Crippen LogP contribution in [0.2, 0.25) is 0 Å². The van der Waals surface area contributed by atoms with Gasteiger partial charge < -0.3 is 5.32 Å². The number of nitrogens with one attached hydrogen (secondary N) is 2. The molecule has 2 N–H and O–H groups in total. The lowest BCUT2D eigenvalue weighted by Gasteiger charge is -2.13. The van der Waals surface area contributed by atoms with Crippen molar-refractivity contribution in [2.24, 2.45) is 0 Å². The summed E-state index contributed by atoms with van der Waals surface area (Å²) < 4.78 is 53.1. The fraction of sp³-hybridized carbons (Fsp3) is 0.235. The highest BCUT2D eigenvalue weighted by atomic mass is 32.2. The molecule has 1 amide bonds. The van der Waals surface area contributed by atoms with Crippen molar-refractivity contribution in [3.63, 3.8) is 0 Å². The molecule has 0 aliphatic heterocycles. The first kappa shape index (κ1) is 18.9. The maximum absolute atomic E-state index is 13.2. The first-order valence-corrected chi connectivity index (χ1v) is 9.10. The molecule has 0 fully saturated rings. The van der Waals surface area contributed by atoms with Gasteiger partial charge in [0.05, 0.1) is 10.6 Å². The zero-order chi connectivity index (χ0) is 18.6. The average molecular weight is 368 g/mol. The number of rotatable bonds is 6. The quantitative estimate of drug-likeness (QED) is 0.822. The van der Waals surface area contributed by atoms with Crippen LogP contribution in [0.15, 0.2) is 47.4 Å². The molecule has 2 rings (SSSR count). The van der Waals surface area contributed by atoms with Crippen LogP contribution >= 0.6 is 0 Å². The summed E-state index contributed by atoms with van der Waals surface area (Å²) in [5, 5.41) is 2.74. The molecule has 2 aromatic rings. The third-order valence-electron chi connectivity index (χ3n) is 3.57. The minimum atomic E-state index is -4.05. The summed E-state index contributed by atoms with van der Waals surface area (Å²) in [5.74, 6) is -2.63. The summed E-state index contributed by atoms with van der Waals surface area (Å²) >= 11 is 0. The molecule has 8 heteroatoms. The van der Waals surface area contributed by atoms with Crippen molar-refractivity contribution in [2.75, 3.05) is 4.72 Å². The van der Waals surface area contributed by atoms with E-state index in [9.17, 15) is 22.0 Å². The van der Waals surface area contributed by atoms with Crippen LogP contribution < -0.4 is 10.0 Å². The summed E-state index contributed by atoms with van der Waals surface area (Å²) in [6, 6.07) is 8.08. The van der Waals surface area contributed by atoms with Crippen LogP contribution in [0.25, 0.3) is 0 Å². The molecule has 1 atom stereocenters. The lowest BCUT2D eigenvalue weighted by atomic mass is 10.2. The van der Waals surface area contributed by atoms with Crippen molar-refractivity contribution < 1.29 is 22.0 Å². The predicted octanol–water partition coefficient (Wildman–Crippen LogP) is 3.29. The van der Waals surface area contributed by atoms with Gasteiger partial charge in [-0.3, -0.25) is 9.52 Å². The zero-order valence-electron chi connectivity index (χ0n) is 13.7. The van der Waals surface area contributed by atoms with Crippen molar-refractivity contribution in [1.82, 2.24) is 5.32 Å². The van der Waals surface area contributed by atoms with Gasteiger partial charge in [-0.2, -0.15) is 0 Å². The van der Waals surface area contributed by atoms with Crippen molar-refractivity contribution in [1.29, 1.82) is 0 Å². The second-order valence-corrected chi connectivity index (χ2v) is 7.23. The number of benzene rings is 2. The Labute approximate surface area is 145 Å². The van der Waals surface area contributed by atoms with E-state index >= 15 is 0 Å². The van der Waals surface area contributed by atoms with Gasteiger partial charge >= 0.3 is 0 Å². The molecule has 1 unspecified atom stereocenters. The van der Waals surface area contributed by atoms with Gasteiger partial charge in [-0.05, 0) is 43.7 Å². The maximum atomic E-state index is 13.2. The number of carbonyl (C=O) groups excluding carboxylic acids is 1. The summed E-state index contributed by atoms with van der Waals surface area (Å²) in [7, 11) is -4.05. The second-order valence-electron chi connectivity index (χ2n) is 5.54. The van der Waals surface area contributed by atoms with Crippen LogP contribution in [-0.4, -0.2) is 20.4 Å².